The summed E-state index contributed by atoms with van der Waals surface area (Å²) in [6, 6.07) is 97.4. The molecule has 0 radical (unpaired) electrons. The van der Waals surface area contributed by atoms with Crippen molar-refractivity contribution < 1.29 is 0 Å². The molecule has 2 heteroatoms. The maximum Gasteiger partial charge on any atom is 0.0541 e. The van der Waals surface area contributed by atoms with E-state index in [9.17, 15) is 0 Å². The molecule has 0 fully saturated rings. The van der Waals surface area contributed by atoms with E-state index in [2.05, 4.69) is 276 Å². The van der Waals surface area contributed by atoms with Crippen LogP contribution in [0.1, 0.15) is 0 Å². The summed E-state index contributed by atoms with van der Waals surface area (Å²) >= 11 is 0. The molecule has 1 aromatic heterocycles. The van der Waals surface area contributed by atoms with Gasteiger partial charge in [0.05, 0.1) is 11.0 Å². The van der Waals surface area contributed by atoms with Crippen LogP contribution in [0.25, 0.3) is 104 Å². The average molecular weight is 865 g/mol. The minimum Gasteiger partial charge on any atom is -0.311 e. The second kappa shape index (κ2) is 16.5. The van der Waals surface area contributed by atoms with Crippen molar-refractivity contribution in [3.05, 3.63) is 267 Å². The molecule has 0 aliphatic heterocycles. The van der Waals surface area contributed by atoms with Gasteiger partial charge in [-0.15, -0.1) is 0 Å². The van der Waals surface area contributed by atoms with Crippen LogP contribution < -0.4 is 4.90 Å². The first-order valence-corrected chi connectivity index (χ1v) is 23.4. The molecule has 13 rings (SSSR count). The van der Waals surface area contributed by atoms with E-state index in [1.165, 1.54) is 98.6 Å². The van der Waals surface area contributed by atoms with Crippen molar-refractivity contribution in [1.29, 1.82) is 0 Å². The highest BCUT2D eigenvalue weighted by Crippen LogP contribution is 2.41. The Hall–Kier alpha value is -8.98. The zero-order valence-corrected chi connectivity index (χ0v) is 37.3. The molecule has 0 aliphatic rings. The molecule has 0 spiro atoms. The lowest BCUT2D eigenvalue weighted by molar-refractivity contribution is 1.18. The van der Waals surface area contributed by atoms with E-state index in [1.807, 2.05) is 0 Å². The van der Waals surface area contributed by atoms with Crippen molar-refractivity contribution in [3.8, 4) is 50.2 Å². The van der Waals surface area contributed by atoms with Crippen LogP contribution in [0.15, 0.2) is 267 Å². The van der Waals surface area contributed by atoms with Crippen LogP contribution in [0.5, 0.6) is 0 Å². The smallest absolute Gasteiger partial charge is 0.0541 e. The Labute approximate surface area is 395 Å². The van der Waals surface area contributed by atoms with Gasteiger partial charge in [0.2, 0.25) is 0 Å². The molecule has 0 saturated carbocycles. The van der Waals surface area contributed by atoms with Crippen molar-refractivity contribution in [1.82, 2.24) is 4.57 Å². The summed E-state index contributed by atoms with van der Waals surface area (Å²) in [4.78, 5) is 2.37. The number of para-hydroxylation sites is 2. The quantitative estimate of drug-likeness (QED) is 0.138. The predicted octanol–water partition coefficient (Wildman–Crippen LogP) is 18.4. The Bertz CT molecular complexity index is 4000. The molecule has 0 amide bonds. The van der Waals surface area contributed by atoms with Crippen LogP contribution in [-0.4, -0.2) is 4.57 Å². The first-order chi connectivity index (χ1) is 33.7. The molecule has 0 atom stereocenters. The molecule has 0 unspecified atom stereocenters. The Kier molecular flexibility index (Phi) is 9.54. The van der Waals surface area contributed by atoms with E-state index < -0.39 is 0 Å². The minimum atomic E-state index is 1.09. The van der Waals surface area contributed by atoms with Gasteiger partial charge in [0.25, 0.3) is 0 Å². The fourth-order valence-electron chi connectivity index (χ4n) is 10.4. The highest BCUT2D eigenvalue weighted by Gasteiger charge is 2.17. The highest BCUT2D eigenvalue weighted by atomic mass is 15.1. The zero-order chi connectivity index (χ0) is 45.0. The molecular formula is C66H44N2. The van der Waals surface area contributed by atoms with Crippen molar-refractivity contribution in [2.24, 2.45) is 0 Å². The Morgan fingerprint density at radius 3 is 1.47 bits per heavy atom. The zero-order valence-electron chi connectivity index (χ0n) is 37.3. The molecule has 318 valence electrons. The number of benzene rings is 12. The second-order valence-corrected chi connectivity index (χ2v) is 17.7. The summed E-state index contributed by atoms with van der Waals surface area (Å²) in [7, 11) is 0. The lowest BCUT2D eigenvalue weighted by atomic mass is 9.94. The van der Waals surface area contributed by atoms with E-state index in [4.69, 9.17) is 0 Å². The van der Waals surface area contributed by atoms with Gasteiger partial charge < -0.3 is 9.47 Å². The topological polar surface area (TPSA) is 8.17 Å². The molecule has 0 aliphatic carbocycles. The van der Waals surface area contributed by atoms with Gasteiger partial charge >= 0.3 is 0 Å². The van der Waals surface area contributed by atoms with E-state index in [1.54, 1.807) is 0 Å². The fourth-order valence-corrected chi connectivity index (χ4v) is 10.4. The molecule has 68 heavy (non-hydrogen) atoms. The molecule has 2 nitrogen and oxygen atoms in total. The van der Waals surface area contributed by atoms with Crippen molar-refractivity contribution in [2.45, 2.75) is 0 Å². The van der Waals surface area contributed by atoms with Crippen LogP contribution in [0.2, 0.25) is 0 Å². The number of aromatic nitrogens is 1. The summed E-state index contributed by atoms with van der Waals surface area (Å²) in [5, 5.41) is 10.1. The lowest BCUT2D eigenvalue weighted by Gasteiger charge is -2.26. The number of hydrogen-bond acceptors (Lipinski definition) is 1. The summed E-state index contributed by atoms with van der Waals surface area (Å²) in [6.45, 7) is 0. The standard InChI is InChI=1S/C66H44N2/c1-2-17-55(18-3-1)68-65-23-9-8-20-63(65)64-44-54(33-41-66(64)68)47-28-36-57(37-29-47)67(58-38-30-49(31-39-58)60-21-11-22-61-59-19-7-6-13-48(59)32-40-62(60)61)56-34-26-46(27-35-56)51-15-10-16-52(42-51)53-25-24-45-12-4-5-14-50(45)43-53/h1-44H. The summed E-state index contributed by atoms with van der Waals surface area (Å²) < 4.78 is 2.37. The van der Waals surface area contributed by atoms with E-state index in [-0.39, 0.29) is 0 Å². The number of nitrogens with zero attached hydrogens (tertiary/aromatic N) is 2. The number of anilines is 3. The van der Waals surface area contributed by atoms with Gasteiger partial charge in [-0.25, -0.2) is 0 Å². The number of rotatable bonds is 8. The highest BCUT2D eigenvalue weighted by molar-refractivity contribution is 6.12. The third-order valence-corrected chi connectivity index (χ3v) is 13.8. The maximum absolute atomic E-state index is 2.37. The van der Waals surface area contributed by atoms with Gasteiger partial charge in [-0.3, -0.25) is 0 Å². The van der Waals surface area contributed by atoms with Gasteiger partial charge in [-0.2, -0.15) is 0 Å². The van der Waals surface area contributed by atoms with Crippen molar-refractivity contribution >= 4 is 71.2 Å². The molecule has 0 saturated heterocycles. The lowest BCUT2D eigenvalue weighted by Crippen LogP contribution is -2.09. The maximum atomic E-state index is 2.37. The predicted molar refractivity (Wildman–Crippen MR) is 290 cm³/mol. The van der Waals surface area contributed by atoms with E-state index >= 15 is 0 Å². The largest absolute Gasteiger partial charge is 0.311 e. The Balaban J connectivity index is 0.875. The average Bonchev–Trinajstić information content (AvgIpc) is 3.75. The van der Waals surface area contributed by atoms with Gasteiger partial charge in [0.15, 0.2) is 0 Å². The fraction of sp³-hybridized carbons (Fsp3) is 0. The monoisotopic (exact) mass is 864 g/mol. The minimum absolute atomic E-state index is 1.09. The summed E-state index contributed by atoms with van der Waals surface area (Å²) in [5.41, 5.74) is 16.4. The van der Waals surface area contributed by atoms with Gasteiger partial charge in [0, 0.05) is 33.5 Å². The first kappa shape index (κ1) is 39.4. The molecule has 12 aromatic carbocycles. The summed E-state index contributed by atoms with van der Waals surface area (Å²) in [5.74, 6) is 0. The molecule has 0 bridgehead atoms. The van der Waals surface area contributed by atoms with Crippen LogP contribution in [0.3, 0.4) is 0 Å². The SMILES string of the molecule is c1ccc(-n2c3ccccc3c3cc(-c4ccc(N(c5ccc(-c6cccc(-c7ccc8ccccc8c7)c6)cc5)c5ccc(-c6cccc7c6ccc6ccccc67)cc5)cc4)ccc32)cc1. The third-order valence-electron chi connectivity index (χ3n) is 13.8. The summed E-state index contributed by atoms with van der Waals surface area (Å²) in [6.07, 6.45) is 0. The second-order valence-electron chi connectivity index (χ2n) is 17.7. The van der Waals surface area contributed by atoms with Gasteiger partial charge in [-0.05, 0) is 156 Å². The third kappa shape index (κ3) is 6.90. The normalized spacial score (nSPS) is 11.5. The number of hydrogen-bond donors (Lipinski definition) is 0. The van der Waals surface area contributed by atoms with Crippen LogP contribution in [0.4, 0.5) is 17.1 Å². The first-order valence-electron chi connectivity index (χ1n) is 23.4. The Morgan fingerprint density at radius 1 is 0.235 bits per heavy atom. The van der Waals surface area contributed by atoms with Gasteiger partial charge in [-0.1, -0.05) is 188 Å². The molecule has 0 N–H and O–H groups in total. The van der Waals surface area contributed by atoms with Gasteiger partial charge in [0.1, 0.15) is 0 Å². The van der Waals surface area contributed by atoms with E-state index in [0.29, 0.717) is 0 Å². The molecule has 13 aromatic rings. The van der Waals surface area contributed by atoms with Crippen molar-refractivity contribution in [2.75, 3.05) is 4.90 Å². The molecule has 1 heterocycles. The Morgan fingerprint density at radius 2 is 0.735 bits per heavy atom. The van der Waals surface area contributed by atoms with E-state index in [0.717, 1.165) is 22.7 Å². The van der Waals surface area contributed by atoms with Crippen LogP contribution >= 0.6 is 0 Å². The van der Waals surface area contributed by atoms with Crippen LogP contribution in [-0.2, 0) is 0 Å². The van der Waals surface area contributed by atoms with Crippen molar-refractivity contribution in [3.63, 3.8) is 0 Å². The number of fused-ring (bicyclic) bond motifs is 7. The molecular weight excluding hydrogens is 821 g/mol. The van der Waals surface area contributed by atoms with Crippen LogP contribution in [0, 0.1) is 0 Å².